The summed E-state index contributed by atoms with van der Waals surface area (Å²) < 4.78 is 44.2. The Balaban J connectivity index is 1.99. The highest BCUT2D eigenvalue weighted by molar-refractivity contribution is 5.89. The van der Waals surface area contributed by atoms with Gasteiger partial charge in [-0.3, -0.25) is 0 Å². The molecule has 0 atom stereocenters. The first-order valence-corrected chi connectivity index (χ1v) is 6.64. The molecule has 0 N–H and O–H groups in total. The fraction of sp³-hybridized carbons (Fsp3) is 0.500. The number of halogens is 3. The van der Waals surface area contributed by atoms with Gasteiger partial charge in [0.25, 0.3) is 0 Å². The van der Waals surface area contributed by atoms with Crippen LogP contribution in [0.3, 0.4) is 0 Å². The second-order valence-corrected chi connectivity index (χ2v) is 6.10. The standard InChI is InChI=1S/C14H17F3N3O2/c1-20(2,3)8-9-22-12(21)10-4-6-11(7-5-10)13(18-19-13)14(15,16)17/h4-7H,8-9H2,1-3H3/q+1. The zero-order chi connectivity index (χ0) is 16.6. The highest BCUT2D eigenvalue weighted by Crippen LogP contribution is 2.52. The zero-order valence-corrected chi connectivity index (χ0v) is 12.5. The molecule has 1 aliphatic rings. The first kappa shape index (κ1) is 16.4. The molecule has 0 saturated heterocycles. The minimum Gasteiger partial charge on any atom is -0.456 e. The number of hydrogen-bond acceptors (Lipinski definition) is 4. The van der Waals surface area contributed by atoms with Crippen LogP contribution in [0.1, 0.15) is 15.9 Å². The molecule has 0 bridgehead atoms. The lowest BCUT2D eigenvalue weighted by molar-refractivity contribution is -0.870. The minimum atomic E-state index is -4.57. The molecular weight excluding hydrogens is 299 g/mol. The molecule has 0 spiro atoms. The molecule has 1 heterocycles. The van der Waals surface area contributed by atoms with Crippen molar-refractivity contribution in [1.29, 1.82) is 0 Å². The summed E-state index contributed by atoms with van der Waals surface area (Å²) in [5.74, 6) is -0.564. The quantitative estimate of drug-likeness (QED) is 0.619. The lowest BCUT2D eigenvalue weighted by atomic mass is 10.0. The minimum absolute atomic E-state index is 0.108. The van der Waals surface area contributed by atoms with Gasteiger partial charge in [0.1, 0.15) is 13.2 Å². The van der Waals surface area contributed by atoms with Gasteiger partial charge in [0.15, 0.2) is 0 Å². The molecule has 0 aliphatic carbocycles. The van der Waals surface area contributed by atoms with Crippen molar-refractivity contribution in [1.82, 2.24) is 0 Å². The van der Waals surface area contributed by atoms with Crippen molar-refractivity contribution in [3.8, 4) is 0 Å². The van der Waals surface area contributed by atoms with Crippen LogP contribution in [0, 0.1) is 0 Å². The normalized spacial score (nSPS) is 16.5. The van der Waals surface area contributed by atoms with E-state index in [2.05, 4.69) is 10.2 Å². The number of carbonyl (C=O) groups excluding carboxylic acids is 1. The van der Waals surface area contributed by atoms with Gasteiger partial charge in [0.2, 0.25) is 0 Å². The number of alkyl halides is 3. The van der Waals surface area contributed by atoms with Crippen molar-refractivity contribution in [2.24, 2.45) is 10.2 Å². The summed E-state index contributed by atoms with van der Waals surface area (Å²) in [4.78, 5) is 11.8. The summed E-state index contributed by atoms with van der Waals surface area (Å²) in [5.41, 5.74) is -2.37. The summed E-state index contributed by atoms with van der Waals surface area (Å²) in [6, 6.07) is 4.98. The molecule has 0 amide bonds. The van der Waals surface area contributed by atoms with Crippen LogP contribution in [0.4, 0.5) is 13.2 Å². The lowest BCUT2D eigenvalue weighted by Gasteiger charge is -2.23. The van der Waals surface area contributed by atoms with Gasteiger partial charge in [-0.2, -0.15) is 13.2 Å². The van der Waals surface area contributed by atoms with Crippen molar-refractivity contribution in [2.45, 2.75) is 11.8 Å². The van der Waals surface area contributed by atoms with Crippen molar-refractivity contribution in [2.75, 3.05) is 34.3 Å². The maximum absolute atomic E-state index is 12.8. The third-order valence-electron chi connectivity index (χ3n) is 3.21. The zero-order valence-electron chi connectivity index (χ0n) is 12.5. The molecule has 0 aromatic heterocycles. The number of hydrogen-bond donors (Lipinski definition) is 0. The number of esters is 1. The Morgan fingerprint density at radius 3 is 2.14 bits per heavy atom. The lowest BCUT2D eigenvalue weighted by Crippen LogP contribution is -2.38. The number of rotatable bonds is 5. The molecule has 0 unspecified atom stereocenters. The van der Waals surface area contributed by atoms with Crippen LogP contribution in [-0.2, 0) is 10.4 Å². The molecule has 22 heavy (non-hydrogen) atoms. The number of nitrogens with zero attached hydrogens (tertiary/aromatic N) is 3. The summed E-state index contributed by atoms with van der Waals surface area (Å²) >= 11 is 0. The van der Waals surface area contributed by atoms with Gasteiger partial charge in [-0.15, -0.1) is 10.2 Å². The molecule has 1 aliphatic heterocycles. The van der Waals surface area contributed by atoms with E-state index < -0.39 is 17.8 Å². The highest BCUT2D eigenvalue weighted by Gasteiger charge is 2.65. The van der Waals surface area contributed by atoms with E-state index in [0.29, 0.717) is 11.0 Å². The second kappa shape index (κ2) is 5.35. The van der Waals surface area contributed by atoms with Crippen LogP contribution in [0.25, 0.3) is 0 Å². The molecule has 8 heteroatoms. The summed E-state index contributed by atoms with van der Waals surface area (Å²) in [6.07, 6.45) is -4.57. The Morgan fingerprint density at radius 1 is 1.18 bits per heavy atom. The third kappa shape index (κ3) is 3.44. The maximum atomic E-state index is 12.8. The third-order valence-corrected chi connectivity index (χ3v) is 3.21. The predicted molar refractivity (Wildman–Crippen MR) is 72.2 cm³/mol. The van der Waals surface area contributed by atoms with Crippen LogP contribution >= 0.6 is 0 Å². The van der Waals surface area contributed by atoms with Gasteiger partial charge >= 0.3 is 17.8 Å². The molecular formula is C14H17F3N3O2+. The largest absolute Gasteiger partial charge is 0.456 e. The first-order chi connectivity index (χ1) is 10.1. The van der Waals surface area contributed by atoms with Gasteiger partial charge in [-0.25, -0.2) is 4.79 Å². The average Bonchev–Trinajstić information content (AvgIpc) is 3.18. The van der Waals surface area contributed by atoms with Crippen molar-refractivity contribution in [3.05, 3.63) is 35.4 Å². The fourth-order valence-electron chi connectivity index (χ4n) is 1.78. The van der Waals surface area contributed by atoms with Crippen LogP contribution < -0.4 is 0 Å². The van der Waals surface area contributed by atoms with E-state index in [1.54, 1.807) is 0 Å². The second-order valence-electron chi connectivity index (χ2n) is 6.10. The topological polar surface area (TPSA) is 51.0 Å². The smallest absolute Gasteiger partial charge is 0.442 e. The van der Waals surface area contributed by atoms with Crippen LogP contribution in [0.5, 0.6) is 0 Å². The number of quaternary nitrogens is 1. The molecule has 1 aromatic rings. The number of benzene rings is 1. The maximum Gasteiger partial charge on any atom is 0.442 e. The molecule has 5 nitrogen and oxygen atoms in total. The Bertz CT molecular complexity index is 583. The van der Waals surface area contributed by atoms with Crippen LogP contribution in [-0.4, -0.2) is 50.9 Å². The highest BCUT2D eigenvalue weighted by atomic mass is 19.4. The molecule has 120 valence electrons. The Hall–Kier alpha value is -1.96. The number of carbonyl (C=O) groups is 1. The predicted octanol–water partition coefficient (Wildman–Crippen LogP) is 2.73. The average molecular weight is 316 g/mol. The fourth-order valence-corrected chi connectivity index (χ4v) is 1.78. The van der Waals surface area contributed by atoms with E-state index in [0.717, 1.165) is 0 Å². The summed E-state index contributed by atoms with van der Waals surface area (Å²) in [6.45, 7) is 0.875. The molecule has 0 radical (unpaired) electrons. The van der Waals surface area contributed by atoms with E-state index >= 15 is 0 Å². The van der Waals surface area contributed by atoms with Gasteiger partial charge in [0, 0.05) is 5.56 Å². The SMILES string of the molecule is C[N+](C)(C)CCOC(=O)c1ccc(C2(C(F)(F)F)N=N2)cc1. The van der Waals surface area contributed by atoms with Crippen molar-refractivity contribution >= 4 is 5.97 Å². The van der Waals surface area contributed by atoms with E-state index in [4.69, 9.17) is 4.74 Å². The van der Waals surface area contributed by atoms with E-state index in [9.17, 15) is 18.0 Å². The van der Waals surface area contributed by atoms with Crippen molar-refractivity contribution < 1.29 is 27.2 Å². The van der Waals surface area contributed by atoms with Gasteiger partial charge < -0.3 is 9.22 Å². The van der Waals surface area contributed by atoms with Gasteiger partial charge in [0.05, 0.1) is 26.7 Å². The van der Waals surface area contributed by atoms with E-state index in [-0.39, 0.29) is 17.7 Å². The number of ether oxygens (including phenoxy) is 1. The van der Waals surface area contributed by atoms with Gasteiger partial charge in [-0.05, 0) is 12.1 Å². The molecule has 2 rings (SSSR count). The molecule has 0 fully saturated rings. The van der Waals surface area contributed by atoms with Gasteiger partial charge in [-0.1, -0.05) is 12.1 Å². The van der Waals surface area contributed by atoms with Crippen molar-refractivity contribution in [3.63, 3.8) is 0 Å². The van der Waals surface area contributed by atoms with E-state index in [1.165, 1.54) is 24.3 Å². The van der Waals surface area contributed by atoms with Crippen LogP contribution in [0.15, 0.2) is 34.5 Å². The Kier molecular flexibility index (Phi) is 3.99. The van der Waals surface area contributed by atoms with E-state index in [1.807, 2.05) is 21.1 Å². The summed E-state index contributed by atoms with van der Waals surface area (Å²) in [7, 11) is 5.88. The first-order valence-electron chi connectivity index (χ1n) is 6.64. The van der Waals surface area contributed by atoms with Crippen LogP contribution in [0.2, 0.25) is 0 Å². The molecule has 0 saturated carbocycles. The Labute approximate surface area is 126 Å². The number of likely N-dealkylation sites (N-methyl/N-ethyl adjacent to an activating group) is 1. The monoisotopic (exact) mass is 316 g/mol. The Morgan fingerprint density at radius 2 is 1.73 bits per heavy atom. The summed E-state index contributed by atoms with van der Waals surface area (Å²) in [5, 5.41) is 6.22. The molecule has 1 aromatic carbocycles.